The van der Waals surface area contributed by atoms with E-state index < -0.39 is 42.2 Å². The highest BCUT2D eigenvalue weighted by atomic mass is 16.6. The quantitative estimate of drug-likeness (QED) is 0.250. The van der Waals surface area contributed by atoms with Crippen LogP contribution in [0.4, 0.5) is 0 Å². The molecule has 9 heteroatoms. The molecule has 1 atom stereocenters. The maximum Gasteiger partial charge on any atom is 0.339 e. The first-order chi connectivity index (χ1) is 11.3. The van der Waals surface area contributed by atoms with Gasteiger partial charge in [-0.1, -0.05) is 6.58 Å². The van der Waals surface area contributed by atoms with Crippen LogP contribution in [0.3, 0.4) is 0 Å². The zero-order valence-corrected chi connectivity index (χ0v) is 13.9. The van der Waals surface area contributed by atoms with Gasteiger partial charge in [-0.25, -0.2) is 4.79 Å². The lowest BCUT2D eigenvalue weighted by atomic mass is 9.95. The minimum absolute atomic E-state index is 0.0147. The predicted octanol–water partition coefficient (Wildman–Crippen LogP) is -0.958. The molecule has 0 aromatic carbocycles. The van der Waals surface area contributed by atoms with Crippen molar-refractivity contribution in [3.8, 4) is 0 Å². The third-order valence-corrected chi connectivity index (χ3v) is 2.78. The van der Waals surface area contributed by atoms with E-state index in [2.05, 4.69) is 21.9 Å². The predicted molar refractivity (Wildman–Crippen MR) is 83.7 cm³/mol. The van der Waals surface area contributed by atoms with Crippen LogP contribution in [0, 0.1) is 0 Å². The van der Waals surface area contributed by atoms with Crippen molar-refractivity contribution < 1.29 is 33.8 Å². The van der Waals surface area contributed by atoms with Crippen molar-refractivity contribution in [1.29, 1.82) is 0 Å². The van der Waals surface area contributed by atoms with E-state index in [1.165, 1.54) is 6.92 Å². The van der Waals surface area contributed by atoms with Crippen LogP contribution in [-0.2, 0) is 28.7 Å². The van der Waals surface area contributed by atoms with Crippen LogP contribution in [0.15, 0.2) is 12.7 Å². The molecule has 0 bridgehead atoms. The van der Waals surface area contributed by atoms with Crippen LogP contribution < -0.4 is 10.6 Å². The van der Waals surface area contributed by atoms with E-state index in [9.17, 15) is 24.3 Å². The second-order valence-electron chi connectivity index (χ2n) is 4.76. The first kappa shape index (κ1) is 21.6. The zero-order chi connectivity index (χ0) is 18.6. The fourth-order valence-corrected chi connectivity index (χ4v) is 1.71. The summed E-state index contributed by atoms with van der Waals surface area (Å²) in [5.74, 6) is -2.97. The molecule has 0 spiro atoms. The smallest absolute Gasteiger partial charge is 0.339 e. The summed E-state index contributed by atoms with van der Waals surface area (Å²) in [6, 6.07) is 0. The average Bonchev–Trinajstić information content (AvgIpc) is 2.51. The number of carbonyl (C=O) groups is 4. The summed E-state index contributed by atoms with van der Waals surface area (Å²) in [6.45, 7) is 6.67. The van der Waals surface area contributed by atoms with Gasteiger partial charge in [-0.3, -0.25) is 14.4 Å². The topological polar surface area (TPSA) is 131 Å². The van der Waals surface area contributed by atoms with Gasteiger partial charge in [0.25, 0.3) is 0 Å². The lowest BCUT2D eigenvalue weighted by Gasteiger charge is -2.24. The van der Waals surface area contributed by atoms with Gasteiger partial charge in [-0.05, 0) is 19.9 Å². The first-order valence-corrected chi connectivity index (χ1v) is 7.51. The van der Waals surface area contributed by atoms with E-state index >= 15 is 0 Å². The number of nitrogens with one attached hydrogen (secondary N) is 2. The molecule has 0 fully saturated rings. The van der Waals surface area contributed by atoms with Gasteiger partial charge in [0.2, 0.25) is 11.8 Å². The Bertz CT molecular complexity index is 478. The van der Waals surface area contributed by atoms with Crippen molar-refractivity contribution in [2.24, 2.45) is 0 Å². The molecule has 0 radical (unpaired) electrons. The highest BCUT2D eigenvalue weighted by Crippen LogP contribution is 2.19. The van der Waals surface area contributed by atoms with Crippen LogP contribution in [0.25, 0.3) is 0 Å². The number of rotatable bonds is 11. The molecule has 2 amide bonds. The maximum absolute atomic E-state index is 11.9. The van der Waals surface area contributed by atoms with Crippen LogP contribution >= 0.6 is 0 Å². The largest absolute Gasteiger partial charge is 0.466 e. The van der Waals surface area contributed by atoms with Gasteiger partial charge in [0.1, 0.15) is 0 Å². The van der Waals surface area contributed by atoms with E-state index in [4.69, 9.17) is 4.74 Å². The van der Waals surface area contributed by atoms with Crippen LogP contribution in [-0.4, -0.2) is 60.8 Å². The standard InChI is InChI=1S/C15H24N2O7/c1-4-11(18)16-7-8-17-12(19)9-15(22,14(21)24-6-3)10-13(20)23-5-2/h4,22H,1,5-10H2,2-3H3,(H,16,18)(H,17,19). The summed E-state index contributed by atoms with van der Waals surface area (Å²) in [5, 5.41) is 15.2. The molecule has 3 N–H and O–H groups in total. The minimum Gasteiger partial charge on any atom is -0.466 e. The molecule has 0 heterocycles. The fraction of sp³-hybridized carbons (Fsp3) is 0.600. The minimum atomic E-state index is -2.31. The first-order valence-electron chi connectivity index (χ1n) is 7.51. The summed E-state index contributed by atoms with van der Waals surface area (Å²) in [6.07, 6.45) is -0.277. The van der Waals surface area contributed by atoms with E-state index in [1.807, 2.05) is 0 Å². The molecule has 0 saturated carbocycles. The Labute approximate surface area is 140 Å². The number of carbonyl (C=O) groups excluding carboxylic acids is 4. The maximum atomic E-state index is 11.9. The molecule has 0 saturated heterocycles. The van der Waals surface area contributed by atoms with Gasteiger partial charge in [0.15, 0.2) is 5.60 Å². The van der Waals surface area contributed by atoms with Crippen molar-refractivity contribution in [2.75, 3.05) is 26.3 Å². The number of hydrogen-bond donors (Lipinski definition) is 3. The number of esters is 2. The lowest BCUT2D eigenvalue weighted by Crippen LogP contribution is -2.47. The summed E-state index contributed by atoms with van der Waals surface area (Å²) in [7, 11) is 0. The SMILES string of the molecule is C=CC(=O)NCCNC(=O)CC(O)(CC(=O)OCC)C(=O)OCC. The summed E-state index contributed by atoms with van der Waals surface area (Å²) in [4.78, 5) is 46.2. The molecule has 0 aliphatic heterocycles. The molecular weight excluding hydrogens is 320 g/mol. The molecule has 0 rings (SSSR count). The van der Waals surface area contributed by atoms with Gasteiger partial charge in [0, 0.05) is 13.1 Å². The van der Waals surface area contributed by atoms with Gasteiger partial charge in [-0.2, -0.15) is 0 Å². The van der Waals surface area contributed by atoms with Crippen LogP contribution in [0.5, 0.6) is 0 Å². The number of ether oxygens (including phenoxy) is 2. The van der Waals surface area contributed by atoms with Gasteiger partial charge >= 0.3 is 11.9 Å². The summed E-state index contributed by atoms with van der Waals surface area (Å²) in [5.41, 5.74) is -2.31. The Kier molecular flexibility index (Phi) is 10.0. The van der Waals surface area contributed by atoms with Gasteiger partial charge in [-0.15, -0.1) is 0 Å². The van der Waals surface area contributed by atoms with E-state index in [0.29, 0.717) is 0 Å². The molecule has 0 aromatic rings. The Balaban J connectivity index is 4.65. The normalized spacial score (nSPS) is 12.5. The van der Waals surface area contributed by atoms with Crippen LogP contribution in [0.1, 0.15) is 26.7 Å². The zero-order valence-electron chi connectivity index (χ0n) is 13.9. The van der Waals surface area contributed by atoms with E-state index in [0.717, 1.165) is 6.08 Å². The third-order valence-electron chi connectivity index (χ3n) is 2.78. The third kappa shape index (κ3) is 8.28. The monoisotopic (exact) mass is 344 g/mol. The Morgan fingerprint density at radius 2 is 1.62 bits per heavy atom. The molecule has 9 nitrogen and oxygen atoms in total. The van der Waals surface area contributed by atoms with E-state index in [1.54, 1.807) is 6.92 Å². The van der Waals surface area contributed by atoms with Crippen molar-refractivity contribution in [3.63, 3.8) is 0 Å². The van der Waals surface area contributed by atoms with Crippen LogP contribution in [0.2, 0.25) is 0 Å². The average molecular weight is 344 g/mol. The molecule has 24 heavy (non-hydrogen) atoms. The van der Waals surface area contributed by atoms with Gasteiger partial charge < -0.3 is 25.2 Å². The Morgan fingerprint density at radius 3 is 2.17 bits per heavy atom. The number of hydrogen-bond acceptors (Lipinski definition) is 7. The fourth-order valence-electron chi connectivity index (χ4n) is 1.71. The van der Waals surface area contributed by atoms with Gasteiger partial charge in [0.05, 0.1) is 26.1 Å². The van der Waals surface area contributed by atoms with Crippen molar-refractivity contribution in [2.45, 2.75) is 32.3 Å². The van der Waals surface area contributed by atoms with Crippen molar-refractivity contribution in [3.05, 3.63) is 12.7 Å². The Hall–Kier alpha value is -2.42. The highest BCUT2D eigenvalue weighted by Gasteiger charge is 2.42. The summed E-state index contributed by atoms with van der Waals surface area (Å²) < 4.78 is 9.40. The summed E-state index contributed by atoms with van der Waals surface area (Å²) >= 11 is 0. The number of aliphatic hydroxyl groups is 1. The van der Waals surface area contributed by atoms with E-state index in [-0.39, 0.29) is 26.3 Å². The second kappa shape index (κ2) is 11.2. The lowest BCUT2D eigenvalue weighted by molar-refractivity contribution is -0.174. The van der Waals surface area contributed by atoms with Crippen molar-refractivity contribution in [1.82, 2.24) is 10.6 Å². The van der Waals surface area contributed by atoms with Crippen molar-refractivity contribution >= 4 is 23.8 Å². The molecular formula is C15H24N2O7. The molecule has 0 aliphatic rings. The second-order valence-corrected chi connectivity index (χ2v) is 4.76. The molecule has 136 valence electrons. The highest BCUT2D eigenvalue weighted by molar-refractivity contribution is 5.91. The number of amides is 2. The molecule has 0 aromatic heterocycles. The Morgan fingerprint density at radius 1 is 1.04 bits per heavy atom. The molecule has 1 unspecified atom stereocenters. The molecule has 0 aliphatic carbocycles.